The maximum Gasteiger partial charge on any atom is 0.232 e. The van der Waals surface area contributed by atoms with Crippen molar-refractivity contribution in [1.82, 2.24) is 0 Å². The van der Waals surface area contributed by atoms with E-state index in [1.54, 1.807) is 0 Å². The molecule has 32 heavy (non-hydrogen) atoms. The number of hydrogen-bond donors (Lipinski definition) is 2. The van der Waals surface area contributed by atoms with E-state index in [1.807, 2.05) is 13.7 Å². The Kier molecular flexibility index (Phi) is 5.60. The van der Waals surface area contributed by atoms with Crippen molar-refractivity contribution in [1.29, 1.82) is 0 Å². The zero-order valence-corrected chi connectivity index (χ0v) is 19.5. The number of Topliss-reactive ketones (excluding diaryl/α,β-unsaturated/α-hetero) is 2. The Morgan fingerprint density at radius 3 is 2.59 bits per heavy atom. The van der Waals surface area contributed by atoms with Crippen LogP contribution >= 0.6 is 0 Å². The van der Waals surface area contributed by atoms with Gasteiger partial charge >= 0.3 is 0 Å². The quantitative estimate of drug-likeness (QED) is 0.544. The minimum absolute atomic E-state index is 0.0509. The summed E-state index contributed by atoms with van der Waals surface area (Å²) in [4.78, 5) is 27.4. The van der Waals surface area contributed by atoms with Gasteiger partial charge in [0.1, 0.15) is 17.1 Å². The minimum atomic E-state index is -0.597. The Hall–Kier alpha value is -2.76. The summed E-state index contributed by atoms with van der Waals surface area (Å²) in [5.41, 5.74) is 2.69. The van der Waals surface area contributed by atoms with Crippen LogP contribution in [0.4, 0.5) is 0 Å². The fourth-order valence-electron chi connectivity index (χ4n) is 5.64. The molecule has 3 aliphatic rings. The number of ether oxygens (including phenoxy) is 1. The zero-order valence-electron chi connectivity index (χ0n) is 19.5. The van der Waals surface area contributed by atoms with Gasteiger partial charge in [0, 0.05) is 23.5 Å². The molecule has 2 N–H and O–H groups in total. The monoisotopic (exact) mass is 434 g/mol. The first-order chi connectivity index (χ1) is 15.1. The maximum atomic E-state index is 13.8. The second kappa shape index (κ2) is 7.98. The number of benzene rings is 1. The van der Waals surface area contributed by atoms with Crippen LogP contribution in [0.5, 0.6) is 11.5 Å². The number of allylic oxidation sites excluding steroid dienone is 6. The smallest absolute Gasteiger partial charge is 0.232 e. The summed E-state index contributed by atoms with van der Waals surface area (Å²) in [6, 6.07) is 1.15. The molecule has 5 nitrogen and oxygen atoms in total. The number of ketones is 2. The van der Waals surface area contributed by atoms with Crippen molar-refractivity contribution < 1.29 is 24.5 Å². The minimum Gasteiger partial charge on any atom is -0.508 e. The summed E-state index contributed by atoms with van der Waals surface area (Å²) in [6.45, 7) is 10.0. The number of rotatable bonds is 4. The summed E-state index contributed by atoms with van der Waals surface area (Å²) in [5, 5.41) is 20.9. The third-order valence-electron chi connectivity index (χ3n) is 7.29. The number of hydrogen-bond acceptors (Lipinski definition) is 5. The number of fused-ring (bicyclic) bond motifs is 3. The van der Waals surface area contributed by atoms with Crippen molar-refractivity contribution in [2.75, 3.05) is 0 Å². The molecule has 0 fully saturated rings. The summed E-state index contributed by atoms with van der Waals surface area (Å²) < 4.78 is 6.44. The molecule has 2 aliphatic carbocycles. The van der Waals surface area contributed by atoms with Gasteiger partial charge in [-0.2, -0.15) is 0 Å². The van der Waals surface area contributed by atoms with Gasteiger partial charge in [0.2, 0.25) is 5.78 Å². The SMILES string of the molecule is CBc1c(O)cc(O)c2c1C(=O)C1=C(OC(C)(CCC=C(C)C)C3CCC(C)=CC13)C2=O. The molecule has 0 saturated carbocycles. The molecular weight excluding hydrogens is 403 g/mol. The molecule has 1 aliphatic heterocycles. The second-order valence-electron chi connectivity index (χ2n) is 9.82. The van der Waals surface area contributed by atoms with Gasteiger partial charge in [0.05, 0.1) is 11.1 Å². The van der Waals surface area contributed by atoms with Gasteiger partial charge < -0.3 is 14.9 Å². The molecule has 0 amide bonds. The highest BCUT2D eigenvalue weighted by Crippen LogP contribution is 2.52. The first-order valence-electron chi connectivity index (χ1n) is 11.5. The Morgan fingerprint density at radius 2 is 1.94 bits per heavy atom. The van der Waals surface area contributed by atoms with E-state index in [0.29, 0.717) is 18.3 Å². The molecule has 0 spiro atoms. The molecule has 4 rings (SSSR count). The molecule has 0 aromatic heterocycles. The van der Waals surface area contributed by atoms with Crippen LogP contribution < -0.4 is 5.46 Å². The summed E-state index contributed by atoms with van der Waals surface area (Å²) >= 11 is 0. The van der Waals surface area contributed by atoms with E-state index in [2.05, 4.69) is 32.9 Å². The number of carbonyl (C=O) groups is 2. The molecule has 168 valence electrons. The van der Waals surface area contributed by atoms with Crippen molar-refractivity contribution in [2.24, 2.45) is 11.8 Å². The highest BCUT2D eigenvalue weighted by Gasteiger charge is 2.53. The van der Waals surface area contributed by atoms with Crippen molar-refractivity contribution in [3.8, 4) is 11.5 Å². The van der Waals surface area contributed by atoms with Gasteiger partial charge in [-0.15, -0.1) is 0 Å². The predicted molar refractivity (Wildman–Crippen MR) is 126 cm³/mol. The van der Waals surface area contributed by atoms with Crippen LogP contribution in [0.3, 0.4) is 0 Å². The fourth-order valence-corrected chi connectivity index (χ4v) is 5.64. The van der Waals surface area contributed by atoms with E-state index in [-0.39, 0.29) is 46.0 Å². The van der Waals surface area contributed by atoms with Crippen LogP contribution in [0, 0.1) is 11.8 Å². The van der Waals surface area contributed by atoms with Crippen LogP contribution in [0.2, 0.25) is 6.82 Å². The van der Waals surface area contributed by atoms with E-state index in [9.17, 15) is 19.8 Å². The number of carbonyl (C=O) groups excluding carboxylic acids is 2. The lowest BCUT2D eigenvalue weighted by Gasteiger charge is -2.49. The molecule has 1 aromatic rings. The molecule has 3 unspecified atom stereocenters. The average molecular weight is 434 g/mol. The molecule has 0 bridgehead atoms. The molecule has 0 radical (unpaired) electrons. The third kappa shape index (κ3) is 3.40. The van der Waals surface area contributed by atoms with Crippen molar-refractivity contribution in [3.63, 3.8) is 0 Å². The molecule has 6 heteroatoms. The topological polar surface area (TPSA) is 83.8 Å². The van der Waals surface area contributed by atoms with Crippen LogP contribution in [0.25, 0.3) is 0 Å². The van der Waals surface area contributed by atoms with E-state index >= 15 is 0 Å². The third-order valence-corrected chi connectivity index (χ3v) is 7.29. The highest BCUT2D eigenvalue weighted by molar-refractivity contribution is 6.57. The van der Waals surface area contributed by atoms with Crippen LogP contribution in [-0.4, -0.2) is 34.7 Å². The van der Waals surface area contributed by atoms with Crippen molar-refractivity contribution in [3.05, 3.63) is 51.8 Å². The van der Waals surface area contributed by atoms with Crippen LogP contribution in [0.1, 0.15) is 74.1 Å². The number of phenols is 2. The number of aromatic hydroxyl groups is 2. The van der Waals surface area contributed by atoms with Crippen molar-refractivity contribution >= 4 is 24.3 Å². The van der Waals surface area contributed by atoms with Gasteiger partial charge in [-0.05, 0) is 58.8 Å². The van der Waals surface area contributed by atoms with E-state index in [4.69, 9.17) is 4.74 Å². The van der Waals surface area contributed by atoms with E-state index in [0.717, 1.165) is 31.7 Å². The highest BCUT2D eigenvalue weighted by atomic mass is 16.5. The number of phenolic OH excluding ortho intramolecular Hbond substituents is 2. The van der Waals surface area contributed by atoms with Gasteiger partial charge in [-0.3, -0.25) is 9.59 Å². The zero-order chi connectivity index (χ0) is 23.4. The predicted octanol–water partition coefficient (Wildman–Crippen LogP) is 4.35. The van der Waals surface area contributed by atoms with Gasteiger partial charge in [0.15, 0.2) is 18.8 Å². The lowest BCUT2D eigenvalue weighted by molar-refractivity contribution is -0.0682. The van der Waals surface area contributed by atoms with E-state index < -0.39 is 11.4 Å². The van der Waals surface area contributed by atoms with Crippen molar-refractivity contribution in [2.45, 2.75) is 65.8 Å². The lowest BCUT2D eigenvalue weighted by atomic mass is 9.61. The Bertz CT molecular complexity index is 1110. The maximum absolute atomic E-state index is 13.8. The second-order valence-corrected chi connectivity index (χ2v) is 9.82. The van der Waals surface area contributed by atoms with Crippen LogP contribution in [0.15, 0.2) is 40.7 Å². The lowest BCUT2D eigenvalue weighted by Crippen LogP contribution is -2.50. The summed E-state index contributed by atoms with van der Waals surface area (Å²) in [5.74, 6) is -1.41. The molecule has 3 atom stereocenters. The van der Waals surface area contributed by atoms with Gasteiger partial charge in [0.25, 0.3) is 0 Å². The molecular formula is C26H31BO5. The largest absolute Gasteiger partial charge is 0.508 e. The first-order valence-corrected chi connectivity index (χ1v) is 11.5. The molecule has 1 heterocycles. The van der Waals surface area contributed by atoms with Gasteiger partial charge in [-0.25, -0.2) is 0 Å². The average Bonchev–Trinajstić information content (AvgIpc) is 2.71. The summed E-state index contributed by atoms with van der Waals surface area (Å²) in [7, 11) is 0.375. The normalized spacial score (nSPS) is 26.5. The standard InChI is InChI=1S/C26H31BO5/c1-13(2)7-6-10-26(4)16-9-8-14(3)11-15(16)19-23(30)21-20(24(31)25(19)32-26)17(28)12-18(29)22(21)27-5/h7,11-12,15-16,27-29H,6,8-10H2,1-5H3. The Balaban J connectivity index is 1.90. The van der Waals surface area contributed by atoms with Crippen LogP contribution in [-0.2, 0) is 4.74 Å². The molecule has 1 aromatic carbocycles. The first kappa shape index (κ1) is 22.4. The fraction of sp³-hybridized carbons (Fsp3) is 0.462. The molecule has 0 saturated heterocycles. The van der Waals surface area contributed by atoms with E-state index in [1.165, 1.54) is 11.1 Å². The Morgan fingerprint density at radius 1 is 1.22 bits per heavy atom. The Labute approximate surface area is 190 Å². The van der Waals surface area contributed by atoms with Gasteiger partial charge in [-0.1, -0.05) is 30.1 Å². The summed E-state index contributed by atoms with van der Waals surface area (Å²) in [6.07, 6.45) is 7.67.